The van der Waals surface area contributed by atoms with Gasteiger partial charge in [0.25, 0.3) is 0 Å². The van der Waals surface area contributed by atoms with Crippen LogP contribution in [-0.2, 0) is 16.0 Å². The first-order chi connectivity index (χ1) is 19.6. The van der Waals surface area contributed by atoms with Crippen LogP contribution >= 0.6 is 22.7 Å². The van der Waals surface area contributed by atoms with Gasteiger partial charge in [0.1, 0.15) is 16.6 Å². The van der Waals surface area contributed by atoms with Gasteiger partial charge in [-0.3, -0.25) is 9.59 Å². The Morgan fingerprint density at radius 1 is 1.12 bits per heavy atom. The minimum atomic E-state index is -4.82. The predicted molar refractivity (Wildman–Crippen MR) is 147 cm³/mol. The zero-order valence-corrected chi connectivity index (χ0v) is 23.2. The molecule has 16 heteroatoms. The zero-order chi connectivity index (χ0) is 29.0. The molecule has 2 amide bonds. The van der Waals surface area contributed by atoms with Crippen LogP contribution in [-0.4, -0.2) is 56.6 Å². The summed E-state index contributed by atoms with van der Waals surface area (Å²) in [5.74, 6) is -0.534. The van der Waals surface area contributed by atoms with E-state index in [1.165, 1.54) is 52.7 Å². The Kier molecular flexibility index (Phi) is 8.39. The van der Waals surface area contributed by atoms with Crippen LogP contribution in [0.1, 0.15) is 36.3 Å². The number of hydrogen-bond donors (Lipinski definition) is 1. The molecule has 41 heavy (non-hydrogen) atoms. The Bertz CT molecular complexity index is 1520. The number of nitrogens with zero attached hydrogens (tertiary/aromatic N) is 7. The number of halogens is 3. The molecule has 0 saturated carbocycles. The third-order valence-corrected chi connectivity index (χ3v) is 7.98. The lowest BCUT2D eigenvalue weighted by Gasteiger charge is -2.30. The largest absolute Gasteiger partial charge is 0.573 e. The molecule has 0 spiro atoms. The first-order valence-corrected chi connectivity index (χ1v) is 14.1. The van der Waals surface area contributed by atoms with Crippen molar-refractivity contribution in [3.8, 4) is 5.75 Å². The summed E-state index contributed by atoms with van der Waals surface area (Å²) in [7, 11) is 0. The number of carbonyl (C=O) groups excluding carboxylic acids is 2. The summed E-state index contributed by atoms with van der Waals surface area (Å²) in [6, 6.07) is 10.5. The molecule has 0 bridgehead atoms. The van der Waals surface area contributed by atoms with Gasteiger partial charge < -0.3 is 15.0 Å². The van der Waals surface area contributed by atoms with Gasteiger partial charge in [-0.05, 0) is 42.7 Å². The van der Waals surface area contributed by atoms with E-state index in [0.717, 1.165) is 30.5 Å². The Balaban J connectivity index is 1.21. The number of benzene rings is 1. The summed E-state index contributed by atoms with van der Waals surface area (Å²) in [6.45, 7) is 2.79. The minimum absolute atomic E-state index is 0.0562. The van der Waals surface area contributed by atoms with Crippen LogP contribution in [0.2, 0.25) is 0 Å². The molecule has 11 nitrogen and oxygen atoms in total. The maximum atomic E-state index is 12.5. The van der Waals surface area contributed by atoms with E-state index in [0.29, 0.717) is 28.2 Å². The number of piperidine rings is 1. The molecule has 5 rings (SSSR count). The molecule has 3 aromatic heterocycles. The monoisotopic (exact) mass is 604 g/mol. The molecule has 1 aromatic carbocycles. The fourth-order valence-corrected chi connectivity index (χ4v) is 6.13. The molecule has 1 atom stereocenters. The van der Waals surface area contributed by atoms with Gasteiger partial charge in [-0.25, -0.2) is 9.88 Å². The molecule has 0 radical (unpaired) electrons. The number of aromatic nitrogens is 5. The SMILES string of the molecule is CC(=O)N(c1ccccn1)c1nnc(C2CCCN(c3nnc(NC(=O)Cc4cccc(OC(F)(F)F)c4)s3)C2)s1. The zero-order valence-electron chi connectivity index (χ0n) is 21.5. The van der Waals surface area contributed by atoms with Crippen molar-refractivity contribution in [1.29, 1.82) is 0 Å². The number of alkyl halides is 3. The molecule has 1 saturated heterocycles. The lowest BCUT2D eigenvalue weighted by molar-refractivity contribution is -0.274. The second-order valence-electron chi connectivity index (χ2n) is 9.06. The summed E-state index contributed by atoms with van der Waals surface area (Å²) in [6.07, 6.45) is -1.62. The van der Waals surface area contributed by atoms with Gasteiger partial charge in [0.15, 0.2) is 0 Å². The number of amides is 2. The van der Waals surface area contributed by atoms with Crippen molar-refractivity contribution >= 4 is 55.7 Å². The lowest BCUT2D eigenvalue weighted by Crippen LogP contribution is -2.34. The van der Waals surface area contributed by atoms with Crippen molar-refractivity contribution < 1.29 is 27.5 Å². The average molecular weight is 605 g/mol. The van der Waals surface area contributed by atoms with Crippen molar-refractivity contribution in [2.24, 2.45) is 0 Å². The predicted octanol–water partition coefficient (Wildman–Crippen LogP) is 4.93. The molecule has 214 valence electrons. The highest BCUT2D eigenvalue weighted by atomic mass is 32.1. The standard InChI is InChI=1S/C25H23F3N8O3S2/c1-15(37)36(19-9-2-3-10-29-19)24-34-31-21(40-24)17-7-5-11-35(14-17)23-33-32-22(41-23)30-20(38)13-16-6-4-8-18(12-16)39-25(26,27)28/h2-4,6,8-10,12,17H,5,7,11,13-14H2,1H3,(H,30,32,38). The third kappa shape index (κ3) is 7.32. The molecule has 1 unspecified atom stereocenters. The Morgan fingerprint density at radius 3 is 2.73 bits per heavy atom. The van der Waals surface area contributed by atoms with Crippen molar-refractivity contribution in [2.75, 3.05) is 28.2 Å². The number of ether oxygens (including phenoxy) is 1. The van der Waals surface area contributed by atoms with E-state index < -0.39 is 18.0 Å². The topological polar surface area (TPSA) is 126 Å². The number of carbonyl (C=O) groups is 2. The van der Waals surface area contributed by atoms with E-state index >= 15 is 0 Å². The lowest BCUT2D eigenvalue weighted by atomic mass is 9.99. The molecular weight excluding hydrogens is 581 g/mol. The second-order valence-corrected chi connectivity index (χ2v) is 11.0. The van der Waals surface area contributed by atoms with E-state index in [1.807, 2.05) is 0 Å². The van der Waals surface area contributed by atoms with Gasteiger partial charge in [0.2, 0.25) is 27.2 Å². The van der Waals surface area contributed by atoms with Crippen molar-refractivity contribution in [1.82, 2.24) is 25.4 Å². The van der Waals surface area contributed by atoms with E-state index in [9.17, 15) is 22.8 Å². The Labute approximate surface area is 240 Å². The first-order valence-electron chi connectivity index (χ1n) is 12.4. The number of hydrogen-bond acceptors (Lipinski definition) is 11. The normalized spacial score (nSPS) is 15.4. The van der Waals surface area contributed by atoms with Gasteiger partial charge in [-0.2, -0.15) is 0 Å². The van der Waals surface area contributed by atoms with E-state index in [-0.39, 0.29) is 23.4 Å². The maximum Gasteiger partial charge on any atom is 0.573 e. The summed E-state index contributed by atoms with van der Waals surface area (Å²) >= 11 is 2.54. The highest BCUT2D eigenvalue weighted by Gasteiger charge is 2.31. The Hall–Kier alpha value is -4.18. The van der Waals surface area contributed by atoms with Crippen molar-refractivity contribution in [3.63, 3.8) is 0 Å². The number of rotatable bonds is 8. The van der Waals surface area contributed by atoms with Crippen molar-refractivity contribution in [3.05, 3.63) is 59.2 Å². The van der Waals surface area contributed by atoms with Crippen LogP contribution in [0.3, 0.4) is 0 Å². The fourth-order valence-electron chi connectivity index (χ4n) is 4.31. The molecule has 1 aliphatic heterocycles. The summed E-state index contributed by atoms with van der Waals surface area (Å²) in [5.41, 5.74) is 0.357. The van der Waals surface area contributed by atoms with Crippen LogP contribution < -0.4 is 19.9 Å². The number of nitrogens with one attached hydrogen (secondary N) is 1. The van der Waals surface area contributed by atoms with Crippen LogP contribution in [0.15, 0.2) is 48.7 Å². The summed E-state index contributed by atoms with van der Waals surface area (Å²) < 4.78 is 41.4. The quantitative estimate of drug-likeness (QED) is 0.298. The fraction of sp³-hybridized carbons (Fsp3) is 0.320. The molecule has 0 aliphatic carbocycles. The van der Waals surface area contributed by atoms with Crippen LogP contribution in [0.4, 0.5) is 34.4 Å². The smallest absolute Gasteiger partial charge is 0.406 e. The van der Waals surface area contributed by atoms with Gasteiger partial charge in [0.05, 0.1) is 6.42 Å². The maximum absolute atomic E-state index is 12.5. The molecule has 1 fully saturated rings. The Morgan fingerprint density at radius 2 is 1.98 bits per heavy atom. The molecule has 4 aromatic rings. The second kappa shape index (κ2) is 12.1. The molecular formula is C25H23F3N8O3S2. The van der Waals surface area contributed by atoms with Crippen LogP contribution in [0, 0.1) is 0 Å². The summed E-state index contributed by atoms with van der Waals surface area (Å²) in [5, 5.41) is 21.7. The van der Waals surface area contributed by atoms with Crippen molar-refractivity contribution in [2.45, 2.75) is 38.5 Å². The van der Waals surface area contributed by atoms with E-state index in [2.05, 4.69) is 40.3 Å². The minimum Gasteiger partial charge on any atom is -0.406 e. The third-order valence-electron chi connectivity index (χ3n) is 6.01. The highest BCUT2D eigenvalue weighted by molar-refractivity contribution is 7.19. The summed E-state index contributed by atoms with van der Waals surface area (Å²) in [4.78, 5) is 32.6. The van der Waals surface area contributed by atoms with Gasteiger partial charge in [-0.1, -0.05) is 40.9 Å². The highest BCUT2D eigenvalue weighted by Crippen LogP contribution is 2.36. The van der Waals surface area contributed by atoms with E-state index in [1.54, 1.807) is 24.4 Å². The molecule has 1 aliphatic rings. The van der Waals surface area contributed by atoms with Gasteiger partial charge >= 0.3 is 6.36 Å². The van der Waals surface area contributed by atoms with Gasteiger partial charge in [-0.15, -0.1) is 33.6 Å². The molecule has 1 N–H and O–H groups in total. The van der Waals surface area contributed by atoms with E-state index in [4.69, 9.17) is 0 Å². The molecule has 4 heterocycles. The first kappa shape index (κ1) is 28.4. The van der Waals surface area contributed by atoms with Crippen LogP contribution in [0.25, 0.3) is 0 Å². The number of anilines is 4. The van der Waals surface area contributed by atoms with Crippen LogP contribution in [0.5, 0.6) is 5.75 Å². The average Bonchev–Trinajstić information content (AvgIpc) is 3.59. The van der Waals surface area contributed by atoms with Gasteiger partial charge in [0, 0.05) is 32.1 Å². The number of pyridine rings is 1.